The van der Waals surface area contributed by atoms with Gasteiger partial charge in [0.15, 0.2) is 17.5 Å². The molecule has 3 rings (SSSR count). The maximum Gasteiger partial charge on any atom is 0.227 e. The molecule has 0 atom stereocenters. The van der Waals surface area contributed by atoms with E-state index in [9.17, 15) is 18.0 Å². The first-order valence-electron chi connectivity index (χ1n) is 7.86. The average molecular weight is 369 g/mol. The molecule has 0 spiro atoms. The topological polar surface area (TPSA) is 23.6 Å². The minimum absolute atomic E-state index is 0.0173. The van der Waals surface area contributed by atoms with E-state index in [1.807, 2.05) is 0 Å². The van der Waals surface area contributed by atoms with Gasteiger partial charge in [0.1, 0.15) is 0 Å². The summed E-state index contributed by atoms with van der Waals surface area (Å²) < 4.78 is 40.3. The molecule has 2 aromatic rings. The monoisotopic (exact) mass is 368 g/mol. The number of carbonyl (C=O) groups is 1. The zero-order valence-corrected chi connectivity index (χ0v) is 14.1. The van der Waals surface area contributed by atoms with Crippen molar-refractivity contribution in [3.8, 4) is 0 Å². The van der Waals surface area contributed by atoms with Crippen LogP contribution in [0.1, 0.15) is 5.56 Å². The zero-order valence-electron chi connectivity index (χ0n) is 13.3. The van der Waals surface area contributed by atoms with Crippen LogP contribution >= 0.6 is 11.6 Å². The highest BCUT2D eigenvalue weighted by molar-refractivity contribution is 6.30. The molecule has 25 heavy (non-hydrogen) atoms. The lowest BCUT2D eigenvalue weighted by Crippen LogP contribution is -2.49. The molecule has 0 unspecified atom stereocenters. The summed E-state index contributed by atoms with van der Waals surface area (Å²) in [5, 5.41) is 0.610. The molecule has 1 saturated heterocycles. The molecule has 0 aromatic heterocycles. The second kappa shape index (κ2) is 7.35. The predicted molar refractivity (Wildman–Crippen MR) is 90.3 cm³/mol. The molecule has 1 aliphatic heterocycles. The van der Waals surface area contributed by atoms with E-state index in [0.717, 1.165) is 11.6 Å². The molecule has 0 radical (unpaired) electrons. The second-order valence-corrected chi connectivity index (χ2v) is 6.30. The Hall–Kier alpha value is -2.21. The van der Waals surface area contributed by atoms with Crippen molar-refractivity contribution in [2.45, 2.75) is 6.42 Å². The SMILES string of the molecule is O=C(Cc1ccc(Cl)cc1)N1CCN(c2ccc(F)c(F)c2F)CC1. The summed E-state index contributed by atoms with van der Waals surface area (Å²) in [7, 11) is 0. The van der Waals surface area contributed by atoms with Crippen molar-refractivity contribution in [1.82, 2.24) is 4.90 Å². The molecular weight excluding hydrogens is 353 g/mol. The van der Waals surface area contributed by atoms with Gasteiger partial charge in [0.2, 0.25) is 5.91 Å². The summed E-state index contributed by atoms with van der Waals surface area (Å²) in [4.78, 5) is 15.7. The Morgan fingerprint density at radius 3 is 2.20 bits per heavy atom. The summed E-state index contributed by atoms with van der Waals surface area (Å²) in [6.07, 6.45) is 0.261. The first-order valence-corrected chi connectivity index (χ1v) is 8.24. The van der Waals surface area contributed by atoms with E-state index in [2.05, 4.69) is 0 Å². The maximum atomic E-state index is 13.9. The number of amides is 1. The van der Waals surface area contributed by atoms with Crippen LogP contribution < -0.4 is 4.90 Å². The lowest BCUT2D eigenvalue weighted by atomic mass is 10.1. The highest BCUT2D eigenvalue weighted by atomic mass is 35.5. The van der Waals surface area contributed by atoms with Gasteiger partial charge >= 0.3 is 0 Å². The lowest BCUT2D eigenvalue weighted by molar-refractivity contribution is -0.130. The highest BCUT2D eigenvalue weighted by Gasteiger charge is 2.24. The Balaban J connectivity index is 1.61. The fourth-order valence-corrected chi connectivity index (χ4v) is 2.97. The molecule has 7 heteroatoms. The molecule has 1 heterocycles. The minimum atomic E-state index is -1.47. The van der Waals surface area contributed by atoms with Gasteiger partial charge < -0.3 is 9.80 Å². The number of rotatable bonds is 3. The van der Waals surface area contributed by atoms with Crippen LogP contribution in [0.25, 0.3) is 0 Å². The van der Waals surface area contributed by atoms with Crippen molar-refractivity contribution in [2.75, 3.05) is 31.1 Å². The van der Waals surface area contributed by atoms with Crippen molar-refractivity contribution < 1.29 is 18.0 Å². The van der Waals surface area contributed by atoms with Crippen LogP contribution in [0.3, 0.4) is 0 Å². The number of anilines is 1. The van der Waals surface area contributed by atoms with E-state index < -0.39 is 17.5 Å². The van der Waals surface area contributed by atoms with Crippen molar-refractivity contribution in [3.63, 3.8) is 0 Å². The van der Waals surface area contributed by atoms with Gasteiger partial charge in [-0.3, -0.25) is 4.79 Å². The van der Waals surface area contributed by atoms with Crippen molar-refractivity contribution >= 4 is 23.2 Å². The number of carbonyl (C=O) groups excluding carboxylic acids is 1. The largest absolute Gasteiger partial charge is 0.366 e. The number of nitrogens with zero attached hydrogens (tertiary/aromatic N) is 2. The second-order valence-electron chi connectivity index (χ2n) is 5.87. The van der Waals surface area contributed by atoms with Gasteiger partial charge in [0, 0.05) is 31.2 Å². The summed E-state index contributed by atoms with van der Waals surface area (Å²) in [6.45, 7) is 1.50. The lowest BCUT2D eigenvalue weighted by Gasteiger charge is -2.36. The minimum Gasteiger partial charge on any atom is -0.366 e. The van der Waals surface area contributed by atoms with E-state index >= 15 is 0 Å². The quantitative estimate of drug-likeness (QED) is 0.772. The van der Waals surface area contributed by atoms with E-state index in [4.69, 9.17) is 11.6 Å². The Morgan fingerprint density at radius 1 is 0.920 bits per heavy atom. The third kappa shape index (κ3) is 3.90. The molecule has 2 aromatic carbocycles. The standard InChI is InChI=1S/C18H16ClF3N2O/c19-13-3-1-12(2-4-13)11-16(25)24-9-7-23(8-10-24)15-6-5-14(20)17(21)18(15)22/h1-6H,7-11H2. The summed E-state index contributed by atoms with van der Waals surface area (Å²) in [5.41, 5.74) is 0.882. The normalized spacial score (nSPS) is 14.7. The van der Waals surface area contributed by atoms with Gasteiger partial charge in [0.25, 0.3) is 0 Å². The smallest absolute Gasteiger partial charge is 0.227 e. The summed E-state index contributed by atoms with van der Waals surface area (Å²) in [5.74, 6) is -3.91. The van der Waals surface area contributed by atoms with Crippen molar-refractivity contribution in [3.05, 3.63) is 64.4 Å². The number of piperazine rings is 1. The highest BCUT2D eigenvalue weighted by Crippen LogP contribution is 2.24. The number of hydrogen-bond donors (Lipinski definition) is 0. The maximum absolute atomic E-state index is 13.9. The van der Waals surface area contributed by atoms with Crippen molar-refractivity contribution in [2.24, 2.45) is 0 Å². The third-order valence-electron chi connectivity index (χ3n) is 4.26. The van der Waals surface area contributed by atoms with Crippen LogP contribution in [0.2, 0.25) is 5.02 Å². The van der Waals surface area contributed by atoms with Crippen LogP contribution in [0.4, 0.5) is 18.9 Å². The Labute approximate surface area is 148 Å². The molecule has 1 fully saturated rings. The molecular formula is C18H16ClF3N2O. The van der Waals surface area contributed by atoms with E-state index in [1.54, 1.807) is 34.1 Å². The first kappa shape index (κ1) is 17.6. The Kier molecular flexibility index (Phi) is 5.18. The Bertz CT molecular complexity index is 775. The van der Waals surface area contributed by atoms with Gasteiger partial charge in [-0.15, -0.1) is 0 Å². The molecule has 3 nitrogen and oxygen atoms in total. The van der Waals surface area contributed by atoms with Gasteiger partial charge in [0.05, 0.1) is 12.1 Å². The van der Waals surface area contributed by atoms with Crippen LogP contribution in [-0.2, 0) is 11.2 Å². The molecule has 0 bridgehead atoms. The van der Waals surface area contributed by atoms with Crippen LogP contribution in [-0.4, -0.2) is 37.0 Å². The van der Waals surface area contributed by atoms with E-state index in [-0.39, 0.29) is 18.0 Å². The van der Waals surface area contributed by atoms with Crippen LogP contribution in [0.15, 0.2) is 36.4 Å². The summed E-state index contributed by atoms with van der Waals surface area (Å²) >= 11 is 5.82. The fourth-order valence-electron chi connectivity index (χ4n) is 2.85. The molecule has 132 valence electrons. The predicted octanol–water partition coefficient (Wildman–Crippen LogP) is 3.65. The molecule has 1 amide bonds. The molecule has 0 saturated carbocycles. The molecule has 0 N–H and O–H groups in total. The van der Waals surface area contributed by atoms with E-state index in [1.165, 1.54) is 6.07 Å². The first-order chi connectivity index (χ1) is 12.0. The molecule has 1 aliphatic rings. The fraction of sp³-hybridized carbons (Fsp3) is 0.278. The number of hydrogen-bond acceptors (Lipinski definition) is 2. The zero-order chi connectivity index (χ0) is 18.0. The van der Waals surface area contributed by atoms with Crippen LogP contribution in [0.5, 0.6) is 0 Å². The number of halogens is 4. The van der Waals surface area contributed by atoms with Crippen LogP contribution in [0, 0.1) is 17.5 Å². The summed E-state index contributed by atoms with van der Waals surface area (Å²) in [6, 6.07) is 9.19. The Morgan fingerprint density at radius 2 is 1.56 bits per heavy atom. The molecule has 0 aliphatic carbocycles. The third-order valence-corrected chi connectivity index (χ3v) is 4.51. The number of benzene rings is 2. The van der Waals surface area contributed by atoms with Gasteiger partial charge in [-0.25, -0.2) is 13.2 Å². The van der Waals surface area contributed by atoms with Gasteiger partial charge in [-0.1, -0.05) is 23.7 Å². The van der Waals surface area contributed by atoms with Gasteiger partial charge in [-0.2, -0.15) is 0 Å². The average Bonchev–Trinajstić information content (AvgIpc) is 2.62. The van der Waals surface area contributed by atoms with E-state index in [0.29, 0.717) is 31.2 Å². The van der Waals surface area contributed by atoms with Crippen molar-refractivity contribution in [1.29, 1.82) is 0 Å². The van der Waals surface area contributed by atoms with Gasteiger partial charge in [-0.05, 0) is 29.8 Å².